The maximum absolute atomic E-state index is 5.31. The van der Waals surface area contributed by atoms with Gasteiger partial charge in [-0.2, -0.15) is 4.37 Å². The Bertz CT molecular complexity index is 611. The minimum atomic E-state index is 0.614. The number of methoxy groups -OCH3 is 2. The van der Waals surface area contributed by atoms with E-state index in [9.17, 15) is 0 Å². The lowest BCUT2D eigenvalue weighted by molar-refractivity contribution is 0.354. The minimum Gasteiger partial charge on any atom is -0.493 e. The molecule has 2 aromatic rings. The maximum Gasteiger partial charge on any atom is 0.202 e. The van der Waals surface area contributed by atoms with E-state index in [2.05, 4.69) is 20.7 Å². The monoisotopic (exact) mass is 305 g/mol. The van der Waals surface area contributed by atoms with Crippen molar-refractivity contribution in [2.45, 2.75) is 25.2 Å². The largest absolute Gasteiger partial charge is 0.493 e. The third-order valence-electron chi connectivity index (χ3n) is 3.52. The van der Waals surface area contributed by atoms with Gasteiger partial charge in [-0.25, -0.2) is 4.98 Å². The zero-order chi connectivity index (χ0) is 14.7. The lowest BCUT2D eigenvalue weighted by Crippen LogP contribution is -2.05. The van der Waals surface area contributed by atoms with Crippen LogP contribution in [0.4, 0.5) is 5.13 Å². The summed E-state index contributed by atoms with van der Waals surface area (Å²) in [6, 6.07) is 6.00. The van der Waals surface area contributed by atoms with Crippen LogP contribution in [0.2, 0.25) is 0 Å². The van der Waals surface area contributed by atoms with Crippen molar-refractivity contribution in [1.29, 1.82) is 0 Å². The van der Waals surface area contributed by atoms with Gasteiger partial charge >= 0.3 is 0 Å². The third-order valence-corrected chi connectivity index (χ3v) is 4.21. The van der Waals surface area contributed by atoms with E-state index in [0.29, 0.717) is 5.92 Å². The molecule has 1 aliphatic carbocycles. The van der Waals surface area contributed by atoms with Crippen LogP contribution in [-0.2, 0) is 6.42 Å². The normalized spacial score (nSPS) is 14.0. The first-order valence-corrected chi connectivity index (χ1v) is 7.86. The van der Waals surface area contributed by atoms with Crippen LogP contribution in [0, 0.1) is 0 Å². The molecule has 1 aliphatic rings. The van der Waals surface area contributed by atoms with Crippen LogP contribution in [0.15, 0.2) is 18.2 Å². The van der Waals surface area contributed by atoms with E-state index in [0.717, 1.165) is 35.4 Å². The zero-order valence-corrected chi connectivity index (χ0v) is 13.1. The zero-order valence-electron chi connectivity index (χ0n) is 12.3. The van der Waals surface area contributed by atoms with Crippen LogP contribution in [-0.4, -0.2) is 30.1 Å². The number of nitrogens with one attached hydrogen (secondary N) is 1. The van der Waals surface area contributed by atoms with Gasteiger partial charge in [-0.1, -0.05) is 6.07 Å². The Morgan fingerprint density at radius 3 is 2.76 bits per heavy atom. The van der Waals surface area contributed by atoms with E-state index in [-0.39, 0.29) is 0 Å². The highest BCUT2D eigenvalue weighted by atomic mass is 32.1. The highest BCUT2D eigenvalue weighted by molar-refractivity contribution is 7.09. The highest BCUT2D eigenvalue weighted by Gasteiger charge is 2.27. The quantitative estimate of drug-likeness (QED) is 0.852. The predicted molar refractivity (Wildman–Crippen MR) is 83.6 cm³/mol. The molecular weight excluding hydrogens is 286 g/mol. The summed E-state index contributed by atoms with van der Waals surface area (Å²) in [5.41, 5.74) is 1.20. The fraction of sp³-hybridized carbons (Fsp3) is 0.467. The van der Waals surface area contributed by atoms with Crippen LogP contribution >= 0.6 is 11.5 Å². The Labute approximate surface area is 128 Å². The Morgan fingerprint density at radius 2 is 2.05 bits per heavy atom. The first-order chi connectivity index (χ1) is 10.3. The summed E-state index contributed by atoms with van der Waals surface area (Å²) >= 11 is 1.45. The number of nitrogens with zero attached hydrogens (tertiary/aromatic N) is 2. The van der Waals surface area contributed by atoms with E-state index in [4.69, 9.17) is 9.47 Å². The maximum atomic E-state index is 5.31. The summed E-state index contributed by atoms with van der Waals surface area (Å²) in [5.74, 6) is 3.14. The van der Waals surface area contributed by atoms with Crippen LogP contribution in [0.5, 0.6) is 11.5 Å². The SMILES string of the molecule is COc1ccc(CCNc2nc(C3CC3)ns2)cc1OC. The molecule has 112 valence electrons. The van der Waals surface area contributed by atoms with Gasteiger partial charge in [-0.3, -0.25) is 0 Å². The minimum absolute atomic E-state index is 0.614. The Balaban J connectivity index is 1.54. The van der Waals surface area contributed by atoms with Gasteiger partial charge in [0.25, 0.3) is 0 Å². The van der Waals surface area contributed by atoms with Crippen molar-refractivity contribution in [2.24, 2.45) is 0 Å². The van der Waals surface area contributed by atoms with Crippen LogP contribution in [0.25, 0.3) is 0 Å². The Hall–Kier alpha value is -1.82. The molecule has 0 aliphatic heterocycles. The van der Waals surface area contributed by atoms with Gasteiger partial charge in [0.05, 0.1) is 14.2 Å². The van der Waals surface area contributed by atoms with Crippen LogP contribution in [0.1, 0.15) is 30.1 Å². The van der Waals surface area contributed by atoms with Crippen molar-refractivity contribution in [3.63, 3.8) is 0 Å². The Morgan fingerprint density at radius 1 is 1.24 bits per heavy atom. The van der Waals surface area contributed by atoms with Gasteiger partial charge in [-0.15, -0.1) is 0 Å². The van der Waals surface area contributed by atoms with Crippen molar-refractivity contribution >= 4 is 16.7 Å². The van der Waals surface area contributed by atoms with Crippen LogP contribution in [0.3, 0.4) is 0 Å². The molecular formula is C15H19N3O2S. The first-order valence-electron chi connectivity index (χ1n) is 7.08. The summed E-state index contributed by atoms with van der Waals surface area (Å²) in [6.45, 7) is 0.828. The number of anilines is 1. The van der Waals surface area contributed by atoms with E-state index in [1.807, 2.05) is 12.1 Å². The van der Waals surface area contributed by atoms with Gasteiger partial charge in [0.15, 0.2) is 11.5 Å². The predicted octanol–water partition coefficient (Wildman–Crippen LogP) is 3.09. The topological polar surface area (TPSA) is 56.3 Å². The summed E-state index contributed by atoms with van der Waals surface area (Å²) in [5, 5.41) is 4.25. The van der Waals surface area contributed by atoms with Crippen molar-refractivity contribution in [3.05, 3.63) is 29.6 Å². The van der Waals surface area contributed by atoms with Crippen molar-refractivity contribution in [1.82, 2.24) is 9.36 Å². The summed E-state index contributed by atoms with van der Waals surface area (Å²) < 4.78 is 14.9. The second-order valence-corrected chi connectivity index (χ2v) is 5.85. The average Bonchev–Trinajstić information content (AvgIpc) is 3.27. The van der Waals surface area contributed by atoms with Crippen molar-refractivity contribution in [3.8, 4) is 11.5 Å². The fourth-order valence-electron chi connectivity index (χ4n) is 2.16. The van der Waals surface area contributed by atoms with Crippen molar-refractivity contribution in [2.75, 3.05) is 26.1 Å². The number of hydrogen-bond donors (Lipinski definition) is 1. The molecule has 0 saturated heterocycles. The average molecular weight is 305 g/mol. The number of hydrogen-bond acceptors (Lipinski definition) is 6. The summed E-state index contributed by atoms with van der Waals surface area (Å²) in [4.78, 5) is 4.52. The van der Waals surface area contributed by atoms with Crippen molar-refractivity contribution < 1.29 is 9.47 Å². The van der Waals surface area contributed by atoms with E-state index < -0.39 is 0 Å². The second kappa shape index (κ2) is 6.30. The van der Waals surface area contributed by atoms with Crippen LogP contribution < -0.4 is 14.8 Å². The molecule has 0 bridgehead atoms. The highest BCUT2D eigenvalue weighted by Crippen LogP contribution is 2.39. The molecule has 1 heterocycles. The third kappa shape index (κ3) is 3.44. The van der Waals surface area contributed by atoms with Gasteiger partial charge in [0, 0.05) is 24.0 Å². The fourth-order valence-corrected chi connectivity index (χ4v) is 2.83. The van der Waals surface area contributed by atoms with E-state index >= 15 is 0 Å². The molecule has 1 saturated carbocycles. The van der Waals surface area contributed by atoms with Gasteiger partial charge in [0.1, 0.15) is 5.82 Å². The molecule has 5 nitrogen and oxygen atoms in total. The molecule has 1 aromatic carbocycles. The summed E-state index contributed by atoms with van der Waals surface area (Å²) in [7, 11) is 3.30. The smallest absolute Gasteiger partial charge is 0.202 e. The molecule has 3 rings (SSSR count). The molecule has 0 unspecified atom stereocenters. The van der Waals surface area contributed by atoms with E-state index in [1.165, 1.54) is 29.9 Å². The van der Waals surface area contributed by atoms with Gasteiger partial charge in [0.2, 0.25) is 5.13 Å². The molecule has 0 spiro atoms. The van der Waals surface area contributed by atoms with E-state index in [1.54, 1.807) is 14.2 Å². The molecule has 1 N–H and O–H groups in total. The number of aromatic nitrogens is 2. The molecule has 0 radical (unpaired) electrons. The molecule has 0 amide bonds. The second-order valence-electron chi connectivity index (χ2n) is 5.10. The molecule has 0 atom stereocenters. The standard InChI is InChI=1S/C15H19N3O2S/c1-19-12-6-3-10(9-13(12)20-2)7-8-16-15-17-14(18-21-15)11-4-5-11/h3,6,9,11H,4-5,7-8H2,1-2H3,(H,16,17,18). The molecule has 1 fully saturated rings. The molecule has 21 heavy (non-hydrogen) atoms. The summed E-state index contributed by atoms with van der Waals surface area (Å²) in [6.07, 6.45) is 3.38. The number of ether oxygens (including phenoxy) is 2. The first kappa shape index (κ1) is 14.1. The molecule has 6 heteroatoms. The van der Waals surface area contributed by atoms with Gasteiger partial charge in [-0.05, 0) is 37.0 Å². The number of rotatable bonds is 7. The van der Waals surface area contributed by atoms with Gasteiger partial charge < -0.3 is 14.8 Å². The molecule has 1 aromatic heterocycles. The lowest BCUT2D eigenvalue weighted by atomic mass is 10.1. The lowest BCUT2D eigenvalue weighted by Gasteiger charge is -2.09. The number of benzene rings is 1. The Kier molecular flexibility index (Phi) is 4.24.